The highest BCUT2D eigenvalue weighted by molar-refractivity contribution is 5.84. The summed E-state index contributed by atoms with van der Waals surface area (Å²) in [5.74, 6) is 0.855. The summed E-state index contributed by atoms with van der Waals surface area (Å²) in [6, 6.07) is 16.5. The van der Waals surface area contributed by atoms with Crippen molar-refractivity contribution in [3.05, 3.63) is 72.2 Å². The van der Waals surface area contributed by atoms with E-state index in [1.165, 1.54) is 24.8 Å². The van der Waals surface area contributed by atoms with Crippen LogP contribution in [0, 0.1) is 5.82 Å². The van der Waals surface area contributed by atoms with Crippen LogP contribution < -0.4 is 9.80 Å². The third kappa shape index (κ3) is 4.87. The lowest BCUT2D eigenvalue weighted by molar-refractivity contribution is -0.142. The predicted octanol–water partition coefficient (Wildman–Crippen LogP) is 5.06. The molecule has 2 aliphatic heterocycles. The van der Waals surface area contributed by atoms with E-state index in [-0.39, 0.29) is 17.9 Å². The first-order valence-electron chi connectivity index (χ1n) is 13.7. The van der Waals surface area contributed by atoms with Gasteiger partial charge in [0, 0.05) is 26.7 Å². The van der Waals surface area contributed by atoms with E-state index in [1.807, 2.05) is 40.9 Å². The van der Waals surface area contributed by atoms with Gasteiger partial charge in [-0.05, 0) is 75.1 Å². The summed E-state index contributed by atoms with van der Waals surface area (Å²) in [6.07, 6.45) is 4.45. The van der Waals surface area contributed by atoms with Crippen LogP contribution in [0.25, 0.3) is 17.0 Å². The Morgan fingerprint density at radius 1 is 1.05 bits per heavy atom. The Bertz CT molecular complexity index is 1550. The van der Waals surface area contributed by atoms with Crippen LogP contribution in [0.1, 0.15) is 44.7 Å². The zero-order valence-corrected chi connectivity index (χ0v) is 23.0. The van der Waals surface area contributed by atoms with Gasteiger partial charge in [0.1, 0.15) is 23.1 Å². The van der Waals surface area contributed by atoms with Gasteiger partial charge in [-0.3, -0.25) is 4.79 Å². The molecule has 2 saturated heterocycles. The first kappa shape index (κ1) is 26.2. The van der Waals surface area contributed by atoms with Crippen molar-refractivity contribution in [1.29, 1.82) is 0 Å². The zero-order chi connectivity index (χ0) is 28.0. The van der Waals surface area contributed by atoms with Gasteiger partial charge < -0.3 is 14.7 Å². The van der Waals surface area contributed by atoms with Crippen LogP contribution in [0.5, 0.6) is 0 Å². The maximum absolute atomic E-state index is 14.2. The molecule has 0 bridgehead atoms. The minimum absolute atomic E-state index is 0.0603. The number of anilines is 2. The number of carbonyl (C=O) groups is 1. The van der Waals surface area contributed by atoms with Crippen LogP contribution in [-0.4, -0.2) is 68.8 Å². The molecular formula is C30H33F2N7O. The Morgan fingerprint density at radius 3 is 2.67 bits per heavy atom. The van der Waals surface area contributed by atoms with E-state index in [1.54, 1.807) is 25.4 Å². The first-order valence-corrected chi connectivity index (χ1v) is 13.7. The second-order valence-corrected chi connectivity index (χ2v) is 11.2. The summed E-state index contributed by atoms with van der Waals surface area (Å²) < 4.78 is 30.0. The van der Waals surface area contributed by atoms with E-state index in [4.69, 9.17) is 10.1 Å². The fourth-order valence-electron chi connectivity index (χ4n) is 5.89. The SMILES string of the molecule is CN(C(=O)C(C)(C)F)C1CCN(c2cccc(-c3cnc4ccc(N5CCCC5c5cccc(F)c5)nn34)n2)C1. The van der Waals surface area contributed by atoms with Crippen molar-refractivity contribution in [3.8, 4) is 11.4 Å². The molecule has 5 heterocycles. The molecule has 1 amide bonds. The first-order chi connectivity index (χ1) is 19.2. The maximum atomic E-state index is 14.2. The zero-order valence-electron chi connectivity index (χ0n) is 23.0. The van der Waals surface area contributed by atoms with Crippen molar-refractivity contribution in [2.45, 2.75) is 50.9 Å². The van der Waals surface area contributed by atoms with Crippen molar-refractivity contribution in [2.24, 2.45) is 0 Å². The number of imidazole rings is 1. The summed E-state index contributed by atoms with van der Waals surface area (Å²) >= 11 is 0. The summed E-state index contributed by atoms with van der Waals surface area (Å²) in [4.78, 5) is 27.8. The van der Waals surface area contributed by atoms with Crippen LogP contribution in [-0.2, 0) is 4.79 Å². The van der Waals surface area contributed by atoms with Crippen molar-refractivity contribution >= 4 is 23.2 Å². The quantitative estimate of drug-likeness (QED) is 0.338. The molecule has 10 heteroatoms. The van der Waals surface area contributed by atoms with Crippen LogP contribution in [0.3, 0.4) is 0 Å². The second kappa shape index (κ2) is 10.1. The minimum Gasteiger partial charge on any atom is -0.354 e. The number of amides is 1. The molecule has 2 atom stereocenters. The van der Waals surface area contributed by atoms with E-state index in [2.05, 4.69) is 14.8 Å². The molecular weight excluding hydrogens is 512 g/mol. The van der Waals surface area contributed by atoms with E-state index < -0.39 is 11.6 Å². The largest absolute Gasteiger partial charge is 0.354 e. The number of likely N-dealkylation sites (N-methyl/N-ethyl adjacent to an activating group) is 1. The highest BCUT2D eigenvalue weighted by Crippen LogP contribution is 2.36. The Balaban J connectivity index is 1.26. The second-order valence-electron chi connectivity index (χ2n) is 11.2. The number of halogens is 2. The average molecular weight is 546 g/mol. The molecule has 8 nitrogen and oxygen atoms in total. The molecule has 208 valence electrons. The van der Waals surface area contributed by atoms with Crippen LogP contribution >= 0.6 is 0 Å². The fourth-order valence-corrected chi connectivity index (χ4v) is 5.89. The number of hydrogen-bond acceptors (Lipinski definition) is 6. The molecule has 4 aromatic rings. The van der Waals surface area contributed by atoms with Gasteiger partial charge in [0.05, 0.1) is 24.0 Å². The van der Waals surface area contributed by atoms with Gasteiger partial charge in [-0.25, -0.2) is 23.3 Å². The standard InChI is InChI=1S/C30H33F2N7O/c1-30(2,32)29(40)36(3)22-14-16-37(19-22)27-11-5-9-23(34-27)25-18-33-26-12-13-28(35-39(25)26)38-15-6-10-24(38)20-7-4-8-21(31)17-20/h4-5,7-9,11-13,17-18,22,24H,6,10,14-16,19H2,1-3H3. The van der Waals surface area contributed by atoms with Gasteiger partial charge in [0.15, 0.2) is 11.3 Å². The van der Waals surface area contributed by atoms with Crippen molar-refractivity contribution in [1.82, 2.24) is 24.5 Å². The molecule has 0 N–H and O–H groups in total. The molecule has 0 aliphatic carbocycles. The van der Waals surface area contributed by atoms with Crippen molar-refractivity contribution < 1.29 is 13.6 Å². The number of carbonyl (C=O) groups excluding carboxylic acids is 1. The molecule has 0 spiro atoms. The van der Waals surface area contributed by atoms with Gasteiger partial charge in [0.25, 0.3) is 5.91 Å². The normalized spacial score (nSPS) is 19.5. The number of nitrogens with zero attached hydrogens (tertiary/aromatic N) is 7. The maximum Gasteiger partial charge on any atom is 0.259 e. The minimum atomic E-state index is -1.90. The molecule has 1 aromatic carbocycles. The van der Waals surface area contributed by atoms with Gasteiger partial charge in [-0.2, -0.15) is 0 Å². The predicted molar refractivity (Wildman–Crippen MR) is 151 cm³/mol. The van der Waals surface area contributed by atoms with Crippen LogP contribution in [0.2, 0.25) is 0 Å². The number of aromatic nitrogens is 4. The molecule has 6 rings (SSSR count). The van der Waals surface area contributed by atoms with E-state index in [0.29, 0.717) is 12.2 Å². The molecule has 3 aromatic heterocycles. The lowest BCUT2D eigenvalue weighted by Crippen LogP contribution is -2.46. The van der Waals surface area contributed by atoms with Crippen LogP contribution in [0.15, 0.2) is 60.8 Å². The van der Waals surface area contributed by atoms with Crippen molar-refractivity contribution in [2.75, 3.05) is 36.5 Å². The molecule has 40 heavy (non-hydrogen) atoms. The van der Waals surface area contributed by atoms with E-state index in [9.17, 15) is 13.6 Å². The topological polar surface area (TPSA) is 69.9 Å². The number of fused-ring (bicyclic) bond motifs is 1. The number of hydrogen-bond donors (Lipinski definition) is 0. The highest BCUT2D eigenvalue weighted by atomic mass is 19.1. The summed E-state index contributed by atoms with van der Waals surface area (Å²) in [6.45, 7) is 4.73. The summed E-state index contributed by atoms with van der Waals surface area (Å²) in [5.41, 5.74) is 1.26. The highest BCUT2D eigenvalue weighted by Gasteiger charge is 2.36. The Kier molecular flexibility index (Phi) is 6.64. The van der Waals surface area contributed by atoms with E-state index in [0.717, 1.165) is 60.9 Å². The smallest absolute Gasteiger partial charge is 0.259 e. The molecule has 0 saturated carbocycles. The Labute approximate surface area is 232 Å². The molecule has 2 unspecified atom stereocenters. The van der Waals surface area contributed by atoms with Gasteiger partial charge >= 0.3 is 0 Å². The van der Waals surface area contributed by atoms with Crippen molar-refractivity contribution in [3.63, 3.8) is 0 Å². The number of alkyl halides is 1. The number of benzene rings is 1. The van der Waals surface area contributed by atoms with Gasteiger partial charge in [-0.15, -0.1) is 5.10 Å². The fraction of sp³-hybridized carbons (Fsp3) is 0.400. The summed E-state index contributed by atoms with van der Waals surface area (Å²) in [7, 11) is 1.67. The summed E-state index contributed by atoms with van der Waals surface area (Å²) in [5, 5.41) is 4.95. The number of pyridine rings is 1. The molecule has 2 aliphatic rings. The van der Waals surface area contributed by atoms with E-state index >= 15 is 0 Å². The lowest BCUT2D eigenvalue weighted by Gasteiger charge is -2.29. The Morgan fingerprint density at radius 2 is 1.88 bits per heavy atom. The van der Waals surface area contributed by atoms with Gasteiger partial charge in [0.2, 0.25) is 0 Å². The Hall–Kier alpha value is -4.08. The molecule has 2 fully saturated rings. The monoisotopic (exact) mass is 545 g/mol. The third-order valence-electron chi connectivity index (χ3n) is 7.99. The number of rotatable bonds is 6. The molecule has 0 radical (unpaired) electrons. The lowest BCUT2D eigenvalue weighted by atomic mass is 10.0. The van der Waals surface area contributed by atoms with Crippen LogP contribution in [0.4, 0.5) is 20.4 Å². The average Bonchev–Trinajstić information content (AvgIpc) is 3.71. The third-order valence-corrected chi connectivity index (χ3v) is 7.99. The van der Waals surface area contributed by atoms with Gasteiger partial charge in [-0.1, -0.05) is 18.2 Å².